The van der Waals surface area contributed by atoms with Crippen LogP contribution in [0, 0.1) is 23.7 Å². The summed E-state index contributed by atoms with van der Waals surface area (Å²) in [7, 11) is -8.51. The summed E-state index contributed by atoms with van der Waals surface area (Å²) < 4.78 is 59.5. The minimum absolute atomic E-state index is 0.151. The summed E-state index contributed by atoms with van der Waals surface area (Å²) in [5.41, 5.74) is 0. The van der Waals surface area contributed by atoms with Crippen LogP contribution in [0.3, 0.4) is 0 Å². The van der Waals surface area contributed by atoms with Crippen molar-refractivity contribution < 1.29 is 44.6 Å². The summed E-state index contributed by atoms with van der Waals surface area (Å²) in [5, 5.41) is 0.303. The molecular weight excluding hydrogens is 588 g/mol. The highest BCUT2D eigenvalue weighted by molar-refractivity contribution is 7.86. The second-order valence-electron chi connectivity index (χ2n) is 11.7. The summed E-state index contributed by atoms with van der Waals surface area (Å²) in [6.07, 6.45) is 14.8. The highest BCUT2D eigenvalue weighted by atomic mass is 32.2. The number of hydroxylamine groups is 4. The van der Waals surface area contributed by atoms with Gasteiger partial charge in [-0.15, -0.1) is 18.7 Å². The second kappa shape index (κ2) is 15.7. The Morgan fingerprint density at radius 3 is 0.952 bits per heavy atom. The Labute approximate surface area is 250 Å². The van der Waals surface area contributed by atoms with E-state index in [0.29, 0.717) is 25.7 Å². The van der Waals surface area contributed by atoms with Crippen molar-refractivity contribution in [2.24, 2.45) is 23.7 Å². The molecule has 2 aliphatic heterocycles. The molecule has 1 aliphatic carbocycles. The molecule has 0 bridgehead atoms. The lowest BCUT2D eigenvalue weighted by Crippen LogP contribution is -2.50. The van der Waals surface area contributed by atoms with Crippen LogP contribution in [-0.4, -0.2) is 62.1 Å². The fraction of sp³-hybridized carbons (Fsp3) is 0.857. The van der Waals surface area contributed by atoms with Crippen LogP contribution in [0.5, 0.6) is 0 Å². The van der Waals surface area contributed by atoms with Gasteiger partial charge in [-0.2, -0.15) is 16.8 Å². The Morgan fingerprint density at radius 1 is 0.452 bits per heavy atom. The number of imide groups is 2. The van der Waals surface area contributed by atoms with E-state index in [1.165, 1.54) is 12.8 Å². The van der Waals surface area contributed by atoms with Gasteiger partial charge in [0.1, 0.15) is 0 Å². The van der Waals surface area contributed by atoms with Crippen LogP contribution in [-0.2, 0) is 48.0 Å². The van der Waals surface area contributed by atoms with Gasteiger partial charge in [-0.25, -0.2) is 0 Å². The van der Waals surface area contributed by atoms with E-state index in [1.807, 2.05) is 0 Å². The molecule has 0 atom stereocenters. The molecule has 3 rings (SSSR count). The van der Waals surface area contributed by atoms with Gasteiger partial charge >= 0.3 is 0 Å². The van der Waals surface area contributed by atoms with E-state index in [9.17, 15) is 36.0 Å². The van der Waals surface area contributed by atoms with Crippen molar-refractivity contribution in [3.63, 3.8) is 0 Å². The first kappa shape index (κ1) is 34.6. The SMILES string of the molecule is CCCCCCCCCCS(=O)(=O)ON1C(=O)C2C(C1=O)C1C(=O)N(OS(=O)(=O)CCCCCCCCCC)C(=O)C21. The largest absolute Gasteiger partial charge is 0.288 e. The first-order chi connectivity index (χ1) is 20.0. The van der Waals surface area contributed by atoms with E-state index in [2.05, 4.69) is 13.8 Å². The molecule has 12 nitrogen and oxygen atoms in total. The van der Waals surface area contributed by atoms with Crippen LogP contribution < -0.4 is 0 Å². The maximum atomic E-state index is 12.9. The Bertz CT molecular complexity index is 1050. The minimum atomic E-state index is -4.26. The van der Waals surface area contributed by atoms with E-state index in [-0.39, 0.29) is 21.6 Å². The molecule has 2 heterocycles. The molecule has 42 heavy (non-hydrogen) atoms. The van der Waals surface area contributed by atoms with Gasteiger partial charge in [0.2, 0.25) is 0 Å². The zero-order valence-electron chi connectivity index (χ0n) is 24.8. The molecule has 0 N–H and O–H groups in total. The predicted molar refractivity (Wildman–Crippen MR) is 153 cm³/mol. The van der Waals surface area contributed by atoms with Crippen LogP contribution in [0.25, 0.3) is 0 Å². The smallest absolute Gasteiger partial charge is 0.272 e. The molecule has 0 aromatic carbocycles. The van der Waals surface area contributed by atoms with Gasteiger partial charge < -0.3 is 0 Å². The predicted octanol–water partition coefficient (Wildman–Crippen LogP) is 4.01. The Hall–Kier alpha value is -1.90. The van der Waals surface area contributed by atoms with Crippen molar-refractivity contribution >= 4 is 43.9 Å². The van der Waals surface area contributed by atoms with E-state index >= 15 is 0 Å². The second-order valence-corrected chi connectivity index (χ2v) is 15.0. The molecule has 0 spiro atoms. The molecule has 2 saturated heterocycles. The van der Waals surface area contributed by atoms with E-state index in [4.69, 9.17) is 8.57 Å². The summed E-state index contributed by atoms with van der Waals surface area (Å²) in [5.74, 6) is -10.1. The van der Waals surface area contributed by atoms with Crippen LogP contribution in [0.1, 0.15) is 117 Å². The third-order valence-electron chi connectivity index (χ3n) is 8.36. The summed E-state index contributed by atoms with van der Waals surface area (Å²) in [4.78, 5) is 51.6. The van der Waals surface area contributed by atoms with Crippen LogP contribution in [0.4, 0.5) is 0 Å². The number of carbonyl (C=O) groups excluding carboxylic acids is 4. The van der Waals surface area contributed by atoms with Crippen molar-refractivity contribution in [3.8, 4) is 0 Å². The van der Waals surface area contributed by atoms with Crippen molar-refractivity contribution in [3.05, 3.63) is 0 Å². The number of nitrogens with zero attached hydrogens (tertiary/aromatic N) is 2. The van der Waals surface area contributed by atoms with Gasteiger partial charge in [-0.3, -0.25) is 19.2 Å². The van der Waals surface area contributed by atoms with Gasteiger partial charge in [0.05, 0.1) is 35.2 Å². The minimum Gasteiger partial charge on any atom is -0.272 e. The quantitative estimate of drug-likeness (QED) is 0.126. The number of rotatable bonds is 22. The third kappa shape index (κ3) is 8.60. The normalized spacial score (nSPS) is 24.0. The van der Waals surface area contributed by atoms with Crippen LogP contribution in [0.2, 0.25) is 0 Å². The third-order valence-corrected chi connectivity index (χ3v) is 10.7. The molecule has 0 unspecified atom stereocenters. The Kier molecular flexibility index (Phi) is 12.9. The number of hydrogen-bond acceptors (Lipinski definition) is 10. The first-order valence-electron chi connectivity index (χ1n) is 15.6. The van der Waals surface area contributed by atoms with Crippen LogP contribution >= 0.6 is 0 Å². The van der Waals surface area contributed by atoms with E-state index in [1.54, 1.807) is 0 Å². The Balaban J connectivity index is 1.47. The van der Waals surface area contributed by atoms with Crippen molar-refractivity contribution in [2.45, 2.75) is 117 Å². The molecule has 1 saturated carbocycles. The summed E-state index contributed by atoms with van der Waals surface area (Å²) >= 11 is 0. The summed E-state index contributed by atoms with van der Waals surface area (Å²) in [6.45, 7) is 4.26. The topological polar surface area (TPSA) is 161 Å². The number of hydrogen-bond donors (Lipinski definition) is 0. The standard InChI is InChI=1S/C28H46N2O10S2/c1-3-5-7-9-11-13-15-17-19-41(35,36)39-29-25(31)21-22(26(29)32)24-23(21)27(33)30(28(24)34)40-42(37,38)20-18-16-14-12-10-8-6-4-2/h21-24H,3-20H2,1-2H3. The lowest BCUT2D eigenvalue weighted by Gasteiger charge is -2.35. The van der Waals surface area contributed by atoms with Crippen molar-refractivity contribution in [2.75, 3.05) is 11.5 Å². The van der Waals surface area contributed by atoms with Gasteiger partial charge in [-0.1, -0.05) is 104 Å². The highest BCUT2D eigenvalue weighted by Crippen LogP contribution is 2.56. The van der Waals surface area contributed by atoms with Crippen molar-refractivity contribution in [1.29, 1.82) is 0 Å². The molecular formula is C28H46N2O10S2. The lowest BCUT2D eigenvalue weighted by atomic mass is 9.59. The van der Waals surface area contributed by atoms with Gasteiger partial charge in [0, 0.05) is 0 Å². The number of fused-ring (bicyclic) bond motifs is 4. The number of unbranched alkanes of at least 4 members (excludes halogenated alkanes) is 14. The van der Waals surface area contributed by atoms with Gasteiger partial charge in [0.15, 0.2) is 0 Å². The van der Waals surface area contributed by atoms with E-state index in [0.717, 1.165) is 64.2 Å². The molecule has 14 heteroatoms. The molecule has 0 aromatic heterocycles. The maximum Gasteiger partial charge on any atom is 0.288 e. The zero-order valence-corrected chi connectivity index (χ0v) is 26.5. The molecule has 3 fully saturated rings. The molecule has 0 aromatic rings. The number of carbonyl (C=O) groups is 4. The Morgan fingerprint density at radius 2 is 0.690 bits per heavy atom. The monoisotopic (exact) mass is 634 g/mol. The first-order valence-corrected chi connectivity index (χ1v) is 18.7. The highest BCUT2D eigenvalue weighted by Gasteiger charge is 2.75. The molecule has 4 amide bonds. The zero-order chi connectivity index (χ0) is 30.9. The molecule has 0 radical (unpaired) electrons. The van der Waals surface area contributed by atoms with Gasteiger partial charge in [-0.05, 0) is 12.8 Å². The molecule has 240 valence electrons. The van der Waals surface area contributed by atoms with E-state index < -0.39 is 67.5 Å². The van der Waals surface area contributed by atoms with Gasteiger partial charge in [0.25, 0.3) is 43.9 Å². The lowest BCUT2D eigenvalue weighted by molar-refractivity contribution is -0.169. The fourth-order valence-electron chi connectivity index (χ4n) is 6.01. The number of amides is 4. The van der Waals surface area contributed by atoms with Crippen LogP contribution in [0.15, 0.2) is 0 Å². The fourth-order valence-corrected chi connectivity index (χ4v) is 8.02. The van der Waals surface area contributed by atoms with Crippen molar-refractivity contribution in [1.82, 2.24) is 10.1 Å². The average molecular weight is 635 g/mol. The average Bonchev–Trinajstić information content (AvgIpc) is 3.22. The maximum absolute atomic E-state index is 12.9. The molecule has 3 aliphatic rings. The summed E-state index contributed by atoms with van der Waals surface area (Å²) in [6, 6.07) is 0.